The predicted octanol–water partition coefficient (Wildman–Crippen LogP) is 2.78. The fourth-order valence-corrected chi connectivity index (χ4v) is 1.38. The van der Waals surface area contributed by atoms with E-state index in [0.717, 1.165) is 0 Å². The summed E-state index contributed by atoms with van der Waals surface area (Å²) in [4.78, 5) is 22.1. The van der Waals surface area contributed by atoms with Crippen LogP contribution in [0.15, 0.2) is 24.3 Å². The van der Waals surface area contributed by atoms with E-state index in [1.807, 2.05) is 0 Å². The van der Waals surface area contributed by atoms with Crippen LogP contribution in [0.5, 0.6) is 0 Å². The number of carbonyl (C=O) groups is 1. The zero-order valence-corrected chi connectivity index (χ0v) is 8.77. The molecule has 0 spiro atoms. The van der Waals surface area contributed by atoms with Crippen molar-refractivity contribution in [3.8, 4) is 0 Å². The van der Waals surface area contributed by atoms with Gasteiger partial charge in [-0.05, 0) is 30.7 Å². The number of halogens is 1. The Morgan fingerprint density at radius 2 is 2.00 bits per heavy atom. The highest BCUT2D eigenvalue weighted by molar-refractivity contribution is 6.66. The smallest absolute Gasteiger partial charge is 0.299 e. The molecule has 80 valence electrons. The minimum atomic E-state index is -0.605. The minimum Gasteiger partial charge on any atom is -0.299 e. The van der Waals surface area contributed by atoms with Crippen LogP contribution in [0.25, 0.3) is 0 Å². The molecular weight excluding hydrogens is 220 g/mol. The first-order chi connectivity index (χ1) is 7.06. The summed E-state index contributed by atoms with van der Waals surface area (Å²) in [5.74, 6) is 0. The van der Waals surface area contributed by atoms with E-state index in [9.17, 15) is 14.9 Å². The molecule has 1 aromatic carbocycles. The number of rotatable bonds is 3. The molecule has 15 heavy (non-hydrogen) atoms. The van der Waals surface area contributed by atoms with Crippen LogP contribution in [-0.4, -0.2) is 16.8 Å². The van der Waals surface area contributed by atoms with E-state index in [1.54, 1.807) is 6.92 Å². The molecule has 0 saturated heterocycles. The molecule has 0 N–H and O–H groups in total. The lowest BCUT2D eigenvalue weighted by Crippen LogP contribution is -2.24. The summed E-state index contributed by atoms with van der Waals surface area (Å²) in [6.07, 6.45) is 0. The Kier molecular flexibility index (Phi) is 3.62. The zero-order valence-electron chi connectivity index (χ0n) is 8.01. The second-order valence-electron chi connectivity index (χ2n) is 2.77. The van der Waals surface area contributed by atoms with Crippen LogP contribution in [0.1, 0.15) is 6.92 Å². The van der Waals surface area contributed by atoms with Crippen molar-refractivity contribution in [2.75, 3.05) is 11.4 Å². The highest BCUT2D eigenvalue weighted by Crippen LogP contribution is 2.20. The molecule has 1 rings (SSSR count). The van der Waals surface area contributed by atoms with Crippen molar-refractivity contribution in [3.05, 3.63) is 34.4 Å². The molecule has 0 aliphatic carbocycles. The third-order valence-electron chi connectivity index (χ3n) is 1.90. The molecule has 1 amide bonds. The largest absolute Gasteiger partial charge is 0.320 e. The Hall–Kier alpha value is -1.62. The predicted molar refractivity (Wildman–Crippen MR) is 57.4 cm³/mol. The van der Waals surface area contributed by atoms with E-state index in [0.29, 0.717) is 12.2 Å². The average Bonchev–Trinajstić information content (AvgIpc) is 2.19. The van der Waals surface area contributed by atoms with E-state index in [-0.39, 0.29) is 5.69 Å². The van der Waals surface area contributed by atoms with E-state index in [2.05, 4.69) is 0 Å². The van der Waals surface area contributed by atoms with Gasteiger partial charge >= 0.3 is 5.37 Å². The van der Waals surface area contributed by atoms with Crippen LogP contribution in [0.4, 0.5) is 16.2 Å². The van der Waals surface area contributed by atoms with Gasteiger partial charge in [-0.25, -0.2) is 0 Å². The number of hydrogen-bond donors (Lipinski definition) is 0. The number of nitro benzene ring substituents is 1. The molecule has 0 heterocycles. The number of hydrogen-bond acceptors (Lipinski definition) is 3. The van der Waals surface area contributed by atoms with Crippen molar-refractivity contribution in [2.24, 2.45) is 0 Å². The topological polar surface area (TPSA) is 63.5 Å². The normalized spacial score (nSPS) is 9.73. The van der Waals surface area contributed by atoms with Gasteiger partial charge in [-0.3, -0.25) is 19.8 Å². The molecule has 0 aliphatic heterocycles. The van der Waals surface area contributed by atoms with Gasteiger partial charge in [-0.15, -0.1) is 0 Å². The van der Waals surface area contributed by atoms with Crippen molar-refractivity contribution < 1.29 is 9.72 Å². The molecule has 0 aliphatic rings. The van der Waals surface area contributed by atoms with E-state index < -0.39 is 10.3 Å². The number of benzene rings is 1. The molecule has 0 atom stereocenters. The first kappa shape index (κ1) is 11.5. The summed E-state index contributed by atoms with van der Waals surface area (Å²) in [6, 6.07) is 5.64. The van der Waals surface area contributed by atoms with Gasteiger partial charge in [0, 0.05) is 24.4 Å². The van der Waals surface area contributed by atoms with Crippen molar-refractivity contribution in [1.82, 2.24) is 0 Å². The van der Waals surface area contributed by atoms with Crippen molar-refractivity contribution in [1.29, 1.82) is 0 Å². The van der Waals surface area contributed by atoms with Gasteiger partial charge in [0.15, 0.2) is 0 Å². The number of nitrogens with zero attached hydrogens (tertiary/aromatic N) is 2. The van der Waals surface area contributed by atoms with Gasteiger partial charge in [-0.2, -0.15) is 0 Å². The molecule has 0 unspecified atom stereocenters. The third kappa shape index (κ3) is 2.66. The molecule has 5 nitrogen and oxygen atoms in total. The van der Waals surface area contributed by atoms with Crippen molar-refractivity contribution in [2.45, 2.75) is 6.92 Å². The number of nitro groups is 1. The maximum atomic E-state index is 11.0. The van der Waals surface area contributed by atoms with Gasteiger partial charge in [0.1, 0.15) is 0 Å². The summed E-state index contributed by atoms with van der Waals surface area (Å²) < 4.78 is 0. The number of anilines is 1. The van der Waals surface area contributed by atoms with Gasteiger partial charge < -0.3 is 0 Å². The number of non-ortho nitro benzene ring substituents is 1. The summed E-state index contributed by atoms with van der Waals surface area (Å²) in [5.41, 5.74) is 0.528. The summed E-state index contributed by atoms with van der Waals surface area (Å²) in [7, 11) is 0. The van der Waals surface area contributed by atoms with Crippen molar-refractivity contribution >= 4 is 28.3 Å². The fourth-order valence-electron chi connectivity index (χ4n) is 1.16. The molecule has 1 aromatic rings. The van der Waals surface area contributed by atoms with Gasteiger partial charge in [-0.1, -0.05) is 0 Å². The average molecular weight is 229 g/mol. The maximum Gasteiger partial charge on any atom is 0.320 e. The first-order valence-corrected chi connectivity index (χ1v) is 4.65. The van der Waals surface area contributed by atoms with E-state index >= 15 is 0 Å². The van der Waals surface area contributed by atoms with Crippen LogP contribution in [0, 0.1) is 10.1 Å². The maximum absolute atomic E-state index is 11.0. The quantitative estimate of drug-likeness (QED) is 0.346. The highest BCUT2D eigenvalue weighted by Gasteiger charge is 2.12. The van der Waals surface area contributed by atoms with E-state index in [1.165, 1.54) is 29.2 Å². The SMILES string of the molecule is CCN(C(=O)Cl)c1ccc([N+](=O)[O-])cc1. The Labute approximate surface area is 91.4 Å². The lowest BCUT2D eigenvalue weighted by molar-refractivity contribution is -0.384. The molecule has 0 aromatic heterocycles. The van der Waals surface area contributed by atoms with E-state index in [4.69, 9.17) is 11.6 Å². The molecule has 0 saturated carbocycles. The first-order valence-electron chi connectivity index (χ1n) is 4.27. The second-order valence-corrected chi connectivity index (χ2v) is 3.09. The minimum absolute atomic E-state index is 0.0168. The Balaban J connectivity index is 2.97. The Bertz CT molecular complexity index is 377. The monoisotopic (exact) mass is 228 g/mol. The van der Waals surface area contributed by atoms with Gasteiger partial charge in [0.25, 0.3) is 5.69 Å². The fraction of sp³-hybridized carbons (Fsp3) is 0.222. The molecule has 6 heteroatoms. The molecule has 0 bridgehead atoms. The molecule has 0 fully saturated rings. The van der Waals surface area contributed by atoms with Crippen LogP contribution >= 0.6 is 11.6 Å². The third-order valence-corrected chi connectivity index (χ3v) is 2.10. The summed E-state index contributed by atoms with van der Waals surface area (Å²) >= 11 is 5.33. The second kappa shape index (κ2) is 4.75. The van der Waals surface area contributed by atoms with Crippen LogP contribution in [0.2, 0.25) is 0 Å². The number of amides is 1. The zero-order chi connectivity index (χ0) is 11.4. The van der Waals surface area contributed by atoms with Crippen molar-refractivity contribution in [3.63, 3.8) is 0 Å². The summed E-state index contributed by atoms with van der Waals surface area (Å²) in [5, 5.41) is 9.78. The van der Waals surface area contributed by atoms with Gasteiger partial charge in [0.05, 0.1) is 4.92 Å². The number of carbonyl (C=O) groups excluding carboxylic acids is 1. The lowest BCUT2D eigenvalue weighted by atomic mass is 10.2. The van der Waals surface area contributed by atoms with Gasteiger partial charge in [0.2, 0.25) is 0 Å². The summed E-state index contributed by atoms with van der Waals surface area (Å²) in [6.45, 7) is 2.18. The van der Waals surface area contributed by atoms with Crippen LogP contribution < -0.4 is 4.90 Å². The Morgan fingerprint density at radius 1 is 1.47 bits per heavy atom. The Morgan fingerprint density at radius 3 is 2.33 bits per heavy atom. The van der Waals surface area contributed by atoms with Crippen LogP contribution in [-0.2, 0) is 0 Å². The molecular formula is C9H9ClN2O3. The lowest BCUT2D eigenvalue weighted by Gasteiger charge is -2.16. The molecule has 0 radical (unpaired) electrons. The standard InChI is InChI=1S/C9H9ClN2O3/c1-2-11(9(10)13)7-3-5-8(6-4-7)12(14)15/h3-6H,2H2,1H3. The highest BCUT2D eigenvalue weighted by atomic mass is 35.5. The van der Waals surface area contributed by atoms with Crippen LogP contribution in [0.3, 0.4) is 0 Å².